The van der Waals surface area contributed by atoms with Gasteiger partial charge in [-0.2, -0.15) is 0 Å². The molecule has 23 heavy (non-hydrogen) atoms. The van der Waals surface area contributed by atoms with Gasteiger partial charge in [0.25, 0.3) is 5.56 Å². The van der Waals surface area contributed by atoms with Gasteiger partial charge < -0.3 is 10.3 Å². The fourth-order valence-corrected chi connectivity index (χ4v) is 2.56. The van der Waals surface area contributed by atoms with Gasteiger partial charge in [0.2, 0.25) is 0 Å². The molecule has 2 aromatic carbocycles. The molecule has 0 radical (unpaired) electrons. The number of aliphatic imine (C=N–C) groups is 1. The van der Waals surface area contributed by atoms with Crippen LogP contribution in [0.25, 0.3) is 17.1 Å². The van der Waals surface area contributed by atoms with Crippen molar-refractivity contribution >= 4 is 34.7 Å². The van der Waals surface area contributed by atoms with Crippen molar-refractivity contribution in [1.29, 1.82) is 0 Å². The molecular formula is C18H14N4O. The highest BCUT2D eigenvalue weighted by Gasteiger charge is 2.09. The zero-order valence-electron chi connectivity index (χ0n) is 12.3. The van der Waals surface area contributed by atoms with E-state index in [1.54, 1.807) is 6.08 Å². The van der Waals surface area contributed by atoms with Gasteiger partial charge in [0.15, 0.2) is 0 Å². The van der Waals surface area contributed by atoms with Crippen LogP contribution in [-0.4, -0.2) is 16.2 Å². The predicted octanol–water partition coefficient (Wildman–Crippen LogP) is 3.48. The molecule has 3 aromatic rings. The minimum atomic E-state index is -0.201. The van der Waals surface area contributed by atoms with Crippen molar-refractivity contribution < 1.29 is 0 Å². The Morgan fingerprint density at radius 1 is 1.04 bits per heavy atom. The van der Waals surface area contributed by atoms with E-state index in [0.29, 0.717) is 12.1 Å². The van der Waals surface area contributed by atoms with E-state index in [2.05, 4.69) is 20.3 Å². The summed E-state index contributed by atoms with van der Waals surface area (Å²) >= 11 is 0. The standard InChI is InChI=1S/C18H14N4O/c23-18-17(21-15-7-3-4-8-16(15)22-18)11-12-9-10-19-13-5-1-2-6-14(13)20-12/h1-8,10-11,20H,9H2,(H,22,23). The van der Waals surface area contributed by atoms with Crippen LogP contribution in [0.4, 0.5) is 11.4 Å². The first-order valence-corrected chi connectivity index (χ1v) is 7.38. The summed E-state index contributed by atoms with van der Waals surface area (Å²) in [4.78, 5) is 23.9. The van der Waals surface area contributed by atoms with E-state index in [0.717, 1.165) is 28.1 Å². The molecule has 1 aliphatic heterocycles. The van der Waals surface area contributed by atoms with Crippen LogP contribution in [0, 0.1) is 0 Å². The molecule has 2 heterocycles. The number of benzene rings is 2. The Bertz CT molecular complexity index is 1000. The van der Waals surface area contributed by atoms with Gasteiger partial charge in [-0.3, -0.25) is 9.79 Å². The topological polar surface area (TPSA) is 70.1 Å². The fraction of sp³-hybridized carbons (Fsp3) is 0.0556. The summed E-state index contributed by atoms with van der Waals surface area (Å²) in [5.41, 5.74) is 4.38. The SMILES string of the molecule is O=c1[nH]c2ccccc2nc1C=C1CC=Nc2ccccc2N1. The van der Waals surface area contributed by atoms with Gasteiger partial charge in [-0.05, 0) is 30.3 Å². The summed E-state index contributed by atoms with van der Waals surface area (Å²) in [5, 5.41) is 3.33. The van der Waals surface area contributed by atoms with Crippen LogP contribution >= 0.6 is 0 Å². The van der Waals surface area contributed by atoms with Crippen LogP contribution in [0.1, 0.15) is 12.1 Å². The second-order valence-electron chi connectivity index (χ2n) is 5.30. The number of aromatic amines is 1. The Morgan fingerprint density at radius 3 is 2.83 bits per heavy atom. The summed E-state index contributed by atoms with van der Waals surface area (Å²) < 4.78 is 0. The van der Waals surface area contributed by atoms with E-state index in [1.165, 1.54) is 0 Å². The molecule has 4 rings (SSSR count). The Balaban J connectivity index is 1.77. The highest BCUT2D eigenvalue weighted by Crippen LogP contribution is 2.28. The van der Waals surface area contributed by atoms with E-state index in [9.17, 15) is 4.79 Å². The zero-order valence-corrected chi connectivity index (χ0v) is 12.3. The lowest BCUT2D eigenvalue weighted by Gasteiger charge is -2.08. The van der Waals surface area contributed by atoms with Crippen LogP contribution in [-0.2, 0) is 0 Å². The number of allylic oxidation sites excluding steroid dienone is 1. The number of rotatable bonds is 1. The largest absolute Gasteiger partial charge is 0.357 e. The Morgan fingerprint density at radius 2 is 1.87 bits per heavy atom. The number of para-hydroxylation sites is 4. The quantitative estimate of drug-likeness (QED) is 0.723. The number of nitrogens with one attached hydrogen (secondary N) is 2. The maximum atomic E-state index is 12.2. The van der Waals surface area contributed by atoms with Gasteiger partial charge in [-0.15, -0.1) is 0 Å². The number of hydrogen-bond acceptors (Lipinski definition) is 4. The lowest BCUT2D eigenvalue weighted by atomic mass is 10.2. The third kappa shape index (κ3) is 2.64. The molecular weight excluding hydrogens is 288 g/mol. The monoisotopic (exact) mass is 302 g/mol. The van der Waals surface area contributed by atoms with E-state index in [4.69, 9.17) is 0 Å². The lowest BCUT2D eigenvalue weighted by Crippen LogP contribution is -2.13. The molecule has 0 bridgehead atoms. The Kier molecular flexibility index (Phi) is 3.24. The molecule has 5 nitrogen and oxygen atoms in total. The van der Waals surface area contributed by atoms with Crippen LogP contribution in [0.5, 0.6) is 0 Å². The minimum Gasteiger partial charge on any atom is -0.357 e. The van der Waals surface area contributed by atoms with Crippen molar-refractivity contribution in [2.45, 2.75) is 6.42 Å². The molecule has 5 heteroatoms. The van der Waals surface area contributed by atoms with Crippen LogP contribution in [0.15, 0.2) is 64.0 Å². The fourth-order valence-electron chi connectivity index (χ4n) is 2.56. The summed E-state index contributed by atoms with van der Waals surface area (Å²) in [6.45, 7) is 0. The smallest absolute Gasteiger partial charge is 0.274 e. The van der Waals surface area contributed by atoms with Crippen molar-refractivity contribution in [1.82, 2.24) is 9.97 Å². The summed E-state index contributed by atoms with van der Waals surface area (Å²) in [5.74, 6) is 0. The summed E-state index contributed by atoms with van der Waals surface area (Å²) in [6.07, 6.45) is 4.22. The van der Waals surface area contributed by atoms with Crippen molar-refractivity contribution in [2.24, 2.45) is 4.99 Å². The number of nitrogens with zero attached hydrogens (tertiary/aromatic N) is 2. The van der Waals surface area contributed by atoms with Gasteiger partial charge in [0, 0.05) is 18.3 Å². The van der Waals surface area contributed by atoms with Crippen molar-refractivity contribution in [2.75, 3.05) is 5.32 Å². The first-order chi connectivity index (χ1) is 11.3. The van der Waals surface area contributed by atoms with Gasteiger partial charge in [-0.25, -0.2) is 4.98 Å². The molecule has 0 atom stereocenters. The zero-order chi connectivity index (χ0) is 15.6. The van der Waals surface area contributed by atoms with Crippen LogP contribution in [0.2, 0.25) is 0 Å². The Labute approximate surface area is 132 Å². The van der Waals surface area contributed by atoms with Crippen LogP contribution in [0.3, 0.4) is 0 Å². The third-order valence-corrected chi connectivity index (χ3v) is 3.68. The molecule has 2 N–H and O–H groups in total. The predicted molar refractivity (Wildman–Crippen MR) is 93.2 cm³/mol. The highest BCUT2D eigenvalue weighted by molar-refractivity contribution is 5.81. The van der Waals surface area contributed by atoms with E-state index in [-0.39, 0.29) is 5.56 Å². The van der Waals surface area contributed by atoms with Gasteiger partial charge in [-0.1, -0.05) is 24.3 Å². The second-order valence-corrected chi connectivity index (χ2v) is 5.30. The van der Waals surface area contributed by atoms with Crippen LogP contribution < -0.4 is 10.9 Å². The average Bonchev–Trinajstić information content (AvgIpc) is 2.77. The normalized spacial score (nSPS) is 15.2. The highest BCUT2D eigenvalue weighted by atomic mass is 16.1. The molecule has 112 valence electrons. The Hall–Kier alpha value is -3.21. The number of hydrogen-bond donors (Lipinski definition) is 2. The first kappa shape index (κ1) is 13.5. The maximum Gasteiger partial charge on any atom is 0.274 e. The van der Waals surface area contributed by atoms with Gasteiger partial charge in [0.1, 0.15) is 5.69 Å². The number of fused-ring (bicyclic) bond motifs is 2. The second kappa shape index (κ2) is 5.53. The molecule has 0 saturated carbocycles. The van der Waals surface area contributed by atoms with Crippen molar-refractivity contribution in [3.8, 4) is 0 Å². The first-order valence-electron chi connectivity index (χ1n) is 7.38. The molecule has 1 aromatic heterocycles. The van der Waals surface area contributed by atoms with E-state index < -0.39 is 0 Å². The van der Waals surface area contributed by atoms with Gasteiger partial charge in [0.05, 0.1) is 22.4 Å². The van der Waals surface area contributed by atoms with Crippen molar-refractivity contribution in [3.63, 3.8) is 0 Å². The summed E-state index contributed by atoms with van der Waals surface area (Å²) in [7, 11) is 0. The van der Waals surface area contributed by atoms with Crippen molar-refractivity contribution in [3.05, 3.63) is 70.3 Å². The third-order valence-electron chi connectivity index (χ3n) is 3.68. The molecule has 0 amide bonds. The van der Waals surface area contributed by atoms with Gasteiger partial charge >= 0.3 is 0 Å². The molecule has 0 fully saturated rings. The molecule has 1 aliphatic rings. The molecule has 0 spiro atoms. The number of aromatic nitrogens is 2. The minimum absolute atomic E-state index is 0.201. The van der Waals surface area contributed by atoms with E-state index >= 15 is 0 Å². The summed E-state index contributed by atoms with van der Waals surface area (Å²) in [6, 6.07) is 15.3. The maximum absolute atomic E-state index is 12.2. The molecule has 0 saturated heterocycles. The number of H-pyrrole nitrogens is 1. The average molecular weight is 302 g/mol. The van der Waals surface area contributed by atoms with E-state index in [1.807, 2.05) is 54.7 Å². The lowest BCUT2D eigenvalue weighted by molar-refractivity contribution is 1.18. The number of anilines is 1. The molecule has 0 aliphatic carbocycles. The molecule has 0 unspecified atom stereocenters.